The van der Waals surface area contributed by atoms with Crippen molar-refractivity contribution in [2.75, 3.05) is 13.2 Å². The first-order chi connectivity index (χ1) is 12.7. The number of nitrogens with one attached hydrogen (secondary N) is 1. The molecule has 0 heterocycles. The van der Waals surface area contributed by atoms with Crippen molar-refractivity contribution in [1.82, 2.24) is 5.32 Å². The summed E-state index contributed by atoms with van der Waals surface area (Å²) in [7, 11) is 0. The quantitative estimate of drug-likeness (QED) is 0.401. The van der Waals surface area contributed by atoms with E-state index in [4.69, 9.17) is 9.47 Å². The maximum Gasteiger partial charge on any atom is 0.175 e. The van der Waals surface area contributed by atoms with Crippen molar-refractivity contribution in [3.8, 4) is 11.5 Å². The van der Waals surface area contributed by atoms with Crippen LogP contribution in [0.15, 0.2) is 40.9 Å². The summed E-state index contributed by atoms with van der Waals surface area (Å²) in [5, 5.41) is 3.45. The Morgan fingerprint density at radius 2 is 1.85 bits per heavy atom. The first-order valence-corrected chi connectivity index (χ1v) is 9.97. The molecule has 0 aliphatic heterocycles. The topological polar surface area (TPSA) is 30.5 Å². The van der Waals surface area contributed by atoms with Crippen LogP contribution in [0.25, 0.3) is 0 Å². The normalized spacial score (nSPS) is 10.4. The van der Waals surface area contributed by atoms with Gasteiger partial charge in [0.2, 0.25) is 0 Å². The van der Waals surface area contributed by atoms with Gasteiger partial charge in [0.05, 0.1) is 11.1 Å². The predicted molar refractivity (Wildman–Crippen MR) is 115 cm³/mol. The molecule has 0 amide bonds. The molecule has 150 valence electrons. The molecule has 2 aromatic carbocycles. The standard InChI is InChI=1S/C21H27BrFNO2.ClH/c1-3-5-8-11-24-14-16-12-18(22)21(20(13-16)25-4-2)26-15-17-9-6-7-10-19(17)23;/h6-7,9-10,12-13,24H,3-5,8,11,14-15H2,1-2H3;1H. The summed E-state index contributed by atoms with van der Waals surface area (Å²) in [6.45, 7) is 6.60. The van der Waals surface area contributed by atoms with Crippen molar-refractivity contribution in [1.29, 1.82) is 0 Å². The molecule has 0 aliphatic carbocycles. The van der Waals surface area contributed by atoms with Gasteiger partial charge in [0.1, 0.15) is 12.4 Å². The van der Waals surface area contributed by atoms with Crippen LogP contribution < -0.4 is 14.8 Å². The lowest BCUT2D eigenvalue weighted by atomic mass is 10.2. The van der Waals surface area contributed by atoms with Crippen LogP contribution in [0.4, 0.5) is 4.39 Å². The molecule has 1 N–H and O–H groups in total. The zero-order valence-corrected chi connectivity index (χ0v) is 18.3. The number of halogens is 3. The van der Waals surface area contributed by atoms with E-state index in [2.05, 4.69) is 28.2 Å². The lowest BCUT2D eigenvalue weighted by Gasteiger charge is -2.16. The Labute approximate surface area is 176 Å². The summed E-state index contributed by atoms with van der Waals surface area (Å²) in [6.07, 6.45) is 3.64. The molecule has 0 bridgehead atoms. The molecule has 0 fully saturated rings. The van der Waals surface area contributed by atoms with Gasteiger partial charge in [-0.05, 0) is 59.6 Å². The minimum atomic E-state index is -0.269. The molecule has 6 heteroatoms. The Bertz CT molecular complexity index is 700. The van der Waals surface area contributed by atoms with Gasteiger partial charge in [-0.15, -0.1) is 12.4 Å². The summed E-state index contributed by atoms with van der Waals surface area (Å²) in [5.41, 5.74) is 1.64. The van der Waals surface area contributed by atoms with E-state index >= 15 is 0 Å². The molecule has 0 aliphatic rings. The first kappa shape index (κ1) is 23.7. The van der Waals surface area contributed by atoms with E-state index in [9.17, 15) is 4.39 Å². The Morgan fingerprint density at radius 3 is 2.56 bits per heavy atom. The molecular weight excluding hydrogens is 433 g/mol. The third-order valence-electron chi connectivity index (χ3n) is 3.99. The van der Waals surface area contributed by atoms with Crippen LogP contribution in [0.3, 0.4) is 0 Å². The van der Waals surface area contributed by atoms with Crippen molar-refractivity contribution in [2.24, 2.45) is 0 Å². The highest BCUT2D eigenvalue weighted by Gasteiger charge is 2.13. The average molecular weight is 461 g/mol. The highest BCUT2D eigenvalue weighted by Crippen LogP contribution is 2.37. The van der Waals surface area contributed by atoms with Gasteiger partial charge in [-0.1, -0.05) is 38.0 Å². The van der Waals surface area contributed by atoms with Gasteiger partial charge in [-0.25, -0.2) is 4.39 Å². The number of unbranched alkanes of at least 4 members (excludes halogenated alkanes) is 2. The molecule has 27 heavy (non-hydrogen) atoms. The number of benzene rings is 2. The molecule has 3 nitrogen and oxygen atoms in total. The van der Waals surface area contributed by atoms with Crippen LogP contribution in [0.2, 0.25) is 0 Å². The largest absolute Gasteiger partial charge is 0.490 e. The fourth-order valence-electron chi connectivity index (χ4n) is 2.62. The van der Waals surface area contributed by atoms with Crippen molar-refractivity contribution in [3.63, 3.8) is 0 Å². The zero-order chi connectivity index (χ0) is 18.8. The lowest BCUT2D eigenvalue weighted by molar-refractivity contribution is 0.264. The van der Waals surface area contributed by atoms with E-state index in [1.54, 1.807) is 18.2 Å². The smallest absolute Gasteiger partial charge is 0.175 e. The molecule has 2 rings (SSSR count). The van der Waals surface area contributed by atoms with Crippen molar-refractivity contribution < 1.29 is 13.9 Å². The third kappa shape index (κ3) is 7.68. The summed E-state index contributed by atoms with van der Waals surface area (Å²) >= 11 is 3.57. The minimum absolute atomic E-state index is 0. The minimum Gasteiger partial charge on any atom is -0.490 e. The number of hydrogen-bond donors (Lipinski definition) is 1. The Hall–Kier alpha value is -1.30. The molecule has 2 aromatic rings. The van der Waals surface area contributed by atoms with Crippen LogP contribution in [-0.2, 0) is 13.2 Å². The highest BCUT2D eigenvalue weighted by molar-refractivity contribution is 9.10. The van der Waals surface area contributed by atoms with E-state index in [0.29, 0.717) is 23.7 Å². The van der Waals surface area contributed by atoms with Gasteiger partial charge in [-0.2, -0.15) is 0 Å². The SMILES string of the molecule is CCCCCNCc1cc(Br)c(OCc2ccccc2F)c(OCC)c1.Cl. The Kier molecular flexibility index (Phi) is 11.4. The zero-order valence-electron chi connectivity index (χ0n) is 15.9. The van der Waals surface area contributed by atoms with Crippen molar-refractivity contribution >= 4 is 28.3 Å². The number of rotatable bonds is 11. The van der Waals surface area contributed by atoms with E-state index in [1.807, 2.05) is 19.1 Å². The molecule has 0 unspecified atom stereocenters. The maximum atomic E-state index is 13.8. The fourth-order valence-corrected chi connectivity index (χ4v) is 3.23. The van der Waals surface area contributed by atoms with Crippen LogP contribution in [-0.4, -0.2) is 13.2 Å². The predicted octanol–water partition coefficient (Wildman–Crippen LogP) is 6.27. The van der Waals surface area contributed by atoms with Crippen LogP contribution in [0.1, 0.15) is 44.2 Å². The summed E-state index contributed by atoms with van der Waals surface area (Å²) in [5.74, 6) is 1.00. The van der Waals surface area contributed by atoms with Gasteiger partial charge in [0.25, 0.3) is 0 Å². The molecule has 0 aromatic heterocycles. The maximum absolute atomic E-state index is 13.8. The molecule has 0 atom stereocenters. The number of hydrogen-bond acceptors (Lipinski definition) is 3. The number of ether oxygens (including phenoxy) is 2. The monoisotopic (exact) mass is 459 g/mol. The second kappa shape index (κ2) is 13.0. The lowest BCUT2D eigenvalue weighted by Crippen LogP contribution is -2.15. The van der Waals surface area contributed by atoms with Gasteiger partial charge >= 0.3 is 0 Å². The van der Waals surface area contributed by atoms with Crippen LogP contribution in [0.5, 0.6) is 11.5 Å². The molecule has 0 spiro atoms. The van der Waals surface area contributed by atoms with Crippen molar-refractivity contribution in [2.45, 2.75) is 46.3 Å². The van der Waals surface area contributed by atoms with Crippen LogP contribution >= 0.6 is 28.3 Å². The summed E-state index contributed by atoms with van der Waals surface area (Å²) in [6, 6.07) is 10.6. The first-order valence-electron chi connectivity index (χ1n) is 9.17. The summed E-state index contributed by atoms with van der Waals surface area (Å²) in [4.78, 5) is 0. The van der Waals surface area contributed by atoms with Gasteiger partial charge in [0, 0.05) is 12.1 Å². The van der Waals surface area contributed by atoms with Gasteiger partial charge in [-0.3, -0.25) is 0 Å². The third-order valence-corrected chi connectivity index (χ3v) is 4.57. The molecule has 0 radical (unpaired) electrons. The molecule has 0 saturated heterocycles. The highest BCUT2D eigenvalue weighted by atomic mass is 79.9. The van der Waals surface area contributed by atoms with Gasteiger partial charge < -0.3 is 14.8 Å². The van der Waals surface area contributed by atoms with E-state index in [0.717, 1.165) is 23.1 Å². The summed E-state index contributed by atoms with van der Waals surface area (Å²) < 4.78 is 26.2. The second-order valence-electron chi connectivity index (χ2n) is 6.10. The van der Waals surface area contributed by atoms with Crippen LogP contribution in [0, 0.1) is 5.82 Å². The molecule has 0 saturated carbocycles. The average Bonchev–Trinajstić information content (AvgIpc) is 2.62. The van der Waals surface area contributed by atoms with E-state index in [-0.39, 0.29) is 24.8 Å². The fraction of sp³-hybridized carbons (Fsp3) is 0.429. The van der Waals surface area contributed by atoms with E-state index < -0.39 is 0 Å². The second-order valence-corrected chi connectivity index (χ2v) is 6.96. The molecular formula is C21H28BrClFNO2. The van der Waals surface area contributed by atoms with Gasteiger partial charge in [0.15, 0.2) is 11.5 Å². The van der Waals surface area contributed by atoms with Crippen molar-refractivity contribution in [3.05, 3.63) is 57.8 Å². The Balaban J connectivity index is 0.00000364. The Morgan fingerprint density at radius 1 is 1.07 bits per heavy atom. The van der Waals surface area contributed by atoms with E-state index in [1.165, 1.54) is 25.3 Å².